The van der Waals surface area contributed by atoms with Gasteiger partial charge in [-0.1, -0.05) is 0 Å². The van der Waals surface area contributed by atoms with Crippen LogP contribution >= 0.6 is 24.2 Å². The number of amides is 2. The zero-order valence-electron chi connectivity index (χ0n) is 14.2. The van der Waals surface area contributed by atoms with Gasteiger partial charge in [-0.25, -0.2) is 0 Å². The van der Waals surface area contributed by atoms with Gasteiger partial charge < -0.3 is 21.1 Å². The number of esters is 1. The number of carbonyl (C=O) groups excluding carboxylic acids is 3. The van der Waals surface area contributed by atoms with E-state index >= 15 is 0 Å². The first-order valence-corrected chi connectivity index (χ1v) is 8.87. The molecule has 4 N–H and O–H groups in total. The Morgan fingerprint density at radius 2 is 1.88 bits per heavy atom. The van der Waals surface area contributed by atoms with Gasteiger partial charge in [-0.15, -0.1) is 12.4 Å². The molecule has 1 aromatic carbocycles. The Balaban J connectivity index is 0.00000576. The average molecular weight is 390 g/mol. The van der Waals surface area contributed by atoms with Gasteiger partial charge >= 0.3 is 5.97 Å². The molecule has 2 amide bonds. The second-order valence-corrected chi connectivity index (χ2v) is 6.02. The number of nitrogens with two attached hydrogens (primary N) is 1. The summed E-state index contributed by atoms with van der Waals surface area (Å²) in [6.07, 6.45) is 2.68. The number of nitrogens with one attached hydrogen (secondary N) is 2. The molecule has 0 heterocycles. The number of rotatable bonds is 9. The highest BCUT2D eigenvalue weighted by Gasteiger charge is 2.13. The molecule has 0 saturated heterocycles. The summed E-state index contributed by atoms with van der Waals surface area (Å²) in [7, 11) is 1.30. The molecule has 0 radical (unpaired) electrons. The van der Waals surface area contributed by atoms with Crippen LogP contribution in [0.15, 0.2) is 24.3 Å². The highest BCUT2D eigenvalue weighted by atomic mass is 35.5. The lowest BCUT2D eigenvalue weighted by Crippen LogP contribution is -2.36. The molecule has 0 unspecified atom stereocenters. The molecular weight excluding hydrogens is 366 g/mol. The molecule has 0 aliphatic carbocycles. The average Bonchev–Trinajstić information content (AvgIpc) is 2.59. The van der Waals surface area contributed by atoms with Gasteiger partial charge in [0, 0.05) is 17.8 Å². The monoisotopic (exact) mass is 389 g/mol. The predicted molar refractivity (Wildman–Crippen MR) is 102 cm³/mol. The first-order chi connectivity index (χ1) is 11.5. The van der Waals surface area contributed by atoms with Crippen LogP contribution in [0.4, 0.5) is 5.69 Å². The van der Waals surface area contributed by atoms with Crippen molar-refractivity contribution in [1.29, 1.82) is 0 Å². The zero-order chi connectivity index (χ0) is 17.9. The number of thioether (sulfide) groups is 1. The predicted octanol–water partition coefficient (Wildman–Crippen LogP) is 1.42. The van der Waals surface area contributed by atoms with Crippen LogP contribution in [0.2, 0.25) is 0 Å². The van der Waals surface area contributed by atoms with Crippen molar-refractivity contribution < 1.29 is 19.1 Å². The number of carbonyl (C=O) groups is 3. The maximum Gasteiger partial charge on any atom is 0.307 e. The fraction of sp³-hybridized carbons (Fsp3) is 0.438. The van der Waals surface area contributed by atoms with E-state index in [1.54, 1.807) is 36.0 Å². The third-order valence-electron chi connectivity index (χ3n) is 3.23. The van der Waals surface area contributed by atoms with E-state index in [1.807, 2.05) is 6.26 Å². The minimum Gasteiger partial charge on any atom is -0.469 e. The summed E-state index contributed by atoms with van der Waals surface area (Å²) in [5.41, 5.74) is 6.80. The minimum atomic E-state index is -0.557. The summed E-state index contributed by atoms with van der Waals surface area (Å²) < 4.78 is 4.49. The number of halogens is 1. The Morgan fingerprint density at radius 3 is 2.44 bits per heavy atom. The number of methoxy groups -OCH3 is 1. The van der Waals surface area contributed by atoms with E-state index in [0.717, 1.165) is 5.75 Å². The molecule has 1 atom stereocenters. The molecule has 0 saturated carbocycles. The fourth-order valence-corrected chi connectivity index (χ4v) is 2.29. The standard InChI is InChI=1S/C16H23N3O4S.ClH/c1-23-14(20)7-9-18-15(21)11-3-5-12(6-4-11)19-16(22)13(17)8-10-24-2;/h3-6,13H,7-10,17H2,1-2H3,(H,18,21)(H,19,22);1H/t13-;/m0./s1. The highest BCUT2D eigenvalue weighted by Crippen LogP contribution is 2.10. The van der Waals surface area contributed by atoms with Crippen molar-refractivity contribution in [2.24, 2.45) is 5.73 Å². The molecule has 25 heavy (non-hydrogen) atoms. The Hall–Kier alpha value is -1.77. The third kappa shape index (κ3) is 8.76. The maximum absolute atomic E-state index is 11.9. The molecule has 0 aliphatic heterocycles. The largest absolute Gasteiger partial charge is 0.469 e. The summed E-state index contributed by atoms with van der Waals surface area (Å²) in [5.74, 6) is -0.113. The van der Waals surface area contributed by atoms with Gasteiger partial charge in [0.1, 0.15) is 0 Å². The molecule has 1 aromatic rings. The number of hydrogen-bond acceptors (Lipinski definition) is 6. The van der Waals surface area contributed by atoms with Crippen LogP contribution in [-0.2, 0) is 14.3 Å². The van der Waals surface area contributed by atoms with Crippen molar-refractivity contribution in [3.05, 3.63) is 29.8 Å². The van der Waals surface area contributed by atoms with E-state index in [1.165, 1.54) is 7.11 Å². The SMILES string of the molecule is COC(=O)CCNC(=O)c1ccc(NC(=O)[C@@H](N)CCSC)cc1.Cl. The maximum atomic E-state index is 11.9. The lowest BCUT2D eigenvalue weighted by Gasteiger charge is -2.12. The normalized spacial score (nSPS) is 11.0. The first kappa shape index (κ1) is 23.2. The van der Waals surface area contributed by atoms with Gasteiger partial charge in [0.25, 0.3) is 5.91 Å². The topological polar surface area (TPSA) is 111 Å². The van der Waals surface area contributed by atoms with Crippen LogP contribution in [0.25, 0.3) is 0 Å². The van der Waals surface area contributed by atoms with Crippen molar-refractivity contribution in [1.82, 2.24) is 5.32 Å². The van der Waals surface area contributed by atoms with Crippen LogP contribution in [0.3, 0.4) is 0 Å². The molecule has 0 bridgehead atoms. The second-order valence-electron chi connectivity index (χ2n) is 5.04. The summed E-state index contributed by atoms with van der Waals surface area (Å²) >= 11 is 1.64. The minimum absolute atomic E-state index is 0. The van der Waals surface area contributed by atoms with Crippen LogP contribution in [-0.4, -0.2) is 49.5 Å². The van der Waals surface area contributed by atoms with Crippen LogP contribution in [0, 0.1) is 0 Å². The molecule has 9 heteroatoms. The lowest BCUT2D eigenvalue weighted by atomic mass is 10.1. The van der Waals surface area contributed by atoms with Gasteiger partial charge in [-0.3, -0.25) is 14.4 Å². The Morgan fingerprint density at radius 1 is 1.24 bits per heavy atom. The van der Waals surface area contributed by atoms with E-state index in [4.69, 9.17) is 5.73 Å². The van der Waals surface area contributed by atoms with Crippen molar-refractivity contribution in [3.63, 3.8) is 0 Å². The summed E-state index contributed by atoms with van der Waals surface area (Å²) in [6.45, 7) is 0.203. The van der Waals surface area contributed by atoms with Gasteiger partial charge in [-0.2, -0.15) is 11.8 Å². The van der Waals surface area contributed by atoms with Crippen molar-refractivity contribution in [2.45, 2.75) is 18.9 Å². The molecule has 0 aliphatic rings. The number of ether oxygens (including phenoxy) is 1. The van der Waals surface area contributed by atoms with Gasteiger partial charge in [-0.05, 0) is 42.7 Å². The Kier molecular flexibility index (Phi) is 11.7. The van der Waals surface area contributed by atoms with Crippen LogP contribution < -0.4 is 16.4 Å². The molecule has 7 nitrogen and oxygen atoms in total. The number of benzene rings is 1. The Labute approximate surface area is 157 Å². The summed E-state index contributed by atoms with van der Waals surface area (Å²) in [5, 5.41) is 5.33. The van der Waals surface area contributed by atoms with E-state index in [9.17, 15) is 14.4 Å². The van der Waals surface area contributed by atoms with Gasteiger partial charge in [0.05, 0.1) is 19.6 Å². The van der Waals surface area contributed by atoms with E-state index < -0.39 is 6.04 Å². The number of hydrogen-bond donors (Lipinski definition) is 3. The highest BCUT2D eigenvalue weighted by molar-refractivity contribution is 7.98. The Bertz CT molecular complexity index is 569. The van der Waals surface area contributed by atoms with Crippen LogP contribution in [0.1, 0.15) is 23.2 Å². The quantitative estimate of drug-likeness (QED) is 0.551. The molecule has 1 rings (SSSR count). The molecule has 140 valence electrons. The molecular formula is C16H24ClN3O4S. The lowest BCUT2D eigenvalue weighted by molar-refractivity contribution is -0.140. The third-order valence-corrected chi connectivity index (χ3v) is 3.87. The van der Waals surface area contributed by atoms with Crippen LogP contribution in [0.5, 0.6) is 0 Å². The smallest absolute Gasteiger partial charge is 0.307 e. The second kappa shape index (κ2) is 12.6. The van der Waals surface area contributed by atoms with Crippen molar-refractivity contribution in [2.75, 3.05) is 31.0 Å². The molecule has 0 aromatic heterocycles. The summed E-state index contributed by atoms with van der Waals surface area (Å²) in [6, 6.07) is 5.90. The fourth-order valence-electron chi connectivity index (χ4n) is 1.80. The van der Waals surface area contributed by atoms with Crippen molar-refractivity contribution in [3.8, 4) is 0 Å². The van der Waals surface area contributed by atoms with E-state index in [-0.39, 0.29) is 43.2 Å². The van der Waals surface area contributed by atoms with Crippen molar-refractivity contribution >= 4 is 47.6 Å². The zero-order valence-corrected chi connectivity index (χ0v) is 15.9. The van der Waals surface area contributed by atoms with E-state index in [2.05, 4.69) is 15.4 Å². The first-order valence-electron chi connectivity index (χ1n) is 7.48. The molecule has 0 fully saturated rings. The van der Waals surface area contributed by atoms with Gasteiger partial charge in [0.15, 0.2) is 0 Å². The molecule has 0 spiro atoms. The summed E-state index contributed by atoms with van der Waals surface area (Å²) in [4.78, 5) is 34.8. The van der Waals surface area contributed by atoms with Gasteiger partial charge in [0.2, 0.25) is 5.91 Å². The number of anilines is 1. The van der Waals surface area contributed by atoms with E-state index in [0.29, 0.717) is 17.7 Å².